The first kappa shape index (κ1) is 22.5. The van der Waals surface area contributed by atoms with Gasteiger partial charge in [-0.2, -0.15) is 0 Å². The summed E-state index contributed by atoms with van der Waals surface area (Å²) in [5, 5.41) is 1.56. The number of benzene rings is 2. The normalized spacial score (nSPS) is 15.2. The summed E-state index contributed by atoms with van der Waals surface area (Å²) < 4.78 is 6.88. The van der Waals surface area contributed by atoms with E-state index in [1.807, 2.05) is 41.1 Å². The fourth-order valence-corrected chi connectivity index (χ4v) is 4.77. The maximum Gasteiger partial charge on any atom is 0.326 e. The van der Waals surface area contributed by atoms with Crippen molar-refractivity contribution in [3.05, 3.63) is 74.7 Å². The highest BCUT2D eigenvalue weighted by atomic mass is 35.5. The van der Waals surface area contributed by atoms with Gasteiger partial charge >= 0.3 is 5.97 Å². The molecule has 6 nitrogen and oxygen atoms in total. The molecule has 1 aliphatic heterocycles. The van der Waals surface area contributed by atoms with E-state index in [2.05, 4.69) is 0 Å². The van der Waals surface area contributed by atoms with Crippen molar-refractivity contribution in [2.75, 3.05) is 13.2 Å². The zero-order valence-electron chi connectivity index (χ0n) is 17.0. The van der Waals surface area contributed by atoms with E-state index in [-0.39, 0.29) is 11.5 Å². The Hall–Kier alpha value is -2.74. The number of nitrogens with zero attached hydrogens (tertiary/aromatic N) is 2. The van der Waals surface area contributed by atoms with Crippen LogP contribution >= 0.6 is 35.0 Å². The summed E-state index contributed by atoms with van der Waals surface area (Å²) in [4.78, 5) is 37.9. The van der Waals surface area contributed by atoms with E-state index in [0.29, 0.717) is 16.6 Å². The largest absolute Gasteiger partial charge is 0.465 e. The Morgan fingerprint density at radius 1 is 1.16 bits per heavy atom. The number of amides is 2. The lowest BCUT2D eigenvalue weighted by Gasteiger charge is -2.10. The second-order valence-electron chi connectivity index (χ2n) is 7.04. The molecule has 9 heteroatoms. The van der Waals surface area contributed by atoms with Crippen LogP contribution in [0.15, 0.2) is 53.6 Å². The molecule has 2 amide bonds. The minimum absolute atomic E-state index is 0.183. The first-order chi connectivity index (χ1) is 15.4. The van der Waals surface area contributed by atoms with E-state index in [9.17, 15) is 14.4 Å². The van der Waals surface area contributed by atoms with E-state index in [0.717, 1.165) is 38.7 Å². The molecule has 2 aromatic carbocycles. The number of halogens is 2. The Labute approximate surface area is 198 Å². The molecular formula is C23H18Cl2N2O4S. The first-order valence-electron chi connectivity index (χ1n) is 9.80. The van der Waals surface area contributed by atoms with E-state index in [1.54, 1.807) is 25.1 Å². The number of rotatable bonds is 6. The first-order valence-corrected chi connectivity index (χ1v) is 11.4. The molecule has 0 radical (unpaired) electrons. The van der Waals surface area contributed by atoms with Crippen molar-refractivity contribution in [3.63, 3.8) is 0 Å². The van der Waals surface area contributed by atoms with Gasteiger partial charge in [0.1, 0.15) is 6.54 Å². The molecule has 164 valence electrons. The van der Waals surface area contributed by atoms with Crippen LogP contribution in [0.2, 0.25) is 10.0 Å². The number of para-hydroxylation sites is 1. The van der Waals surface area contributed by atoms with Crippen LogP contribution in [0.4, 0.5) is 4.79 Å². The quantitative estimate of drug-likeness (QED) is 0.333. The molecule has 3 aromatic rings. The predicted octanol–water partition coefficient (Wildman–Crippen LogP) is 5.60. The minimum atomic E-state index is -0.618. The van der Waals surface area contributed by atoms with Crippen molar-refractivity contribution in [2.45, 2.75) is 13.5 Å². The van der Waals surface area contributed by atoms with Gasteiger partial charge < -0.3 is 9.30 Å². The van der Waals surface area contributed by atoms with Crippen LogP contribution in [0.1, 0.15) is 18.1 Å². The van der Waals surface area contributed by atoms with E-state index < -0.39 is 23.7 Å². The number of carbonyl (C=O) groups is 3. The Morgan fingerprint density at radius 3 is 2.69 bits per heavy atom. The molecule has 0 unspecified atom stereocenters. The predicted molar refractivity (Wildman–Crippen MR) is 127 cm³/mol. The smallest absolute Gasteiger partial charge is 0.326 e. The summed E-state index contributed by atoms with van der Waals surface area (Å²) in [7, 11) is 0. The Kier molecular flexibility index (Phi) is 6.60. The number of esters is 1. The number of thioether (sulfide) groups is 1. The number of carbonyl (C=O) groups excluding carboxylic acids is 3. The van der Waals surface area contributed by atoms with Crippen LogP contribution < -0.4 is 0 Å². The van der Waals surface area contributed by atoms with Gasteiger partial charge in [-0.05, 0) is 48.5 Å². The second-order valence-corrected chi connectivity index (χ2v) is 8.87. The third-order valence-electron chi connectivity index (χ3n) is 4.93. The van der Waals surface area contributed by atoms with E-state index in [1.165, 1.54) is 0 Å². The number of imide groups is 1. The monoisotopic (exact) mass is 488 g/mol. The van der Waals surface area contributed by atoms with Crippen molar-refractivity contribution >= 4 is 69.1 Å². The minimum Gasteiger partial charge on any atom is -0.465 e. The van der Waals surface area contributed by atoms with E-state index >= 15 is 0 Å². The van der Waals surface area contributed by atoms with Crippen LogP contribution in [0.3, 0.4) is 0 Å². The fraction of sp³-hybridized carbons (Fsp3) is 0.174. The van der Waals surface area contributed by atoms with Gasteiger partial charge in [-0.15, -0.1) is 0 Å². The van der Waals surface area contributed by atoms with Crippen LogP contribution in [0, 0.1) is 0 Å². The molecule has 1 fully saturated rings. The summed E-state index contributed by atoms with van der Waals surface area (Å²) >= 11 is 13.2. The lowest BCUT2D eigenvalue weighted by Crippen LogP contribution is -2.34. The molecule has 2 heterocycles. The van der Waals surface area contributed by atoms with Crippen molar-refractivity contribution in [2.24, 2.45) is 0 Å². The highest BCUT2D eigenvalue weighted by molar-refractivity contribution is 8.18. The Balaban J connectivity index is 1.67. The zero-order chi connectivity index (χ0) is 22.8. The molecule has 0 N–H and O–H groups in total. The van der Waals surface area contributed by atoms with Gasteiger partial charge in [0.05, 0.1) is 11.5 Å². The molecule has 0 aliphatic carbocycles. The third-order valence-corrected chi connectivity index (χ3v) is 6.42. The number of aromatic nitrogens is 1. The average molecular weight is 489 g/mol. The highest BCUT2D eigenvalue weighted by Gasteiger charge is 2.36. The number of hydrogen-bond acceptors (Lipinski definition) is 5. The maximum absolute atomic E-state index is 12.7. The molecular weight excluding hydrogens is 471 g/mol. The third kappa shape index (κ3) is 4.55. The molecule has 1 aromatic heterocycles. The Morgan fingerprint density at radius 2 is 1.94 bits per heavy atom. The summed E-state index contributed by atoms with van der Waals surface area (Å²) in [5.41, 5.74) is 2.64. The molecule has 0 saturated carbocycles. The number of hydrogen-bond donors (Lipinski definition) is 0. The fourth-order valence-electron chi connectivity index (χ4n) is 3.47. The SMILES string of the molecule is CCOC(=O)CN1C(=O)S/C(=C\c2cn(Cc3ccc(Cl)cc3Cl)c3ccccc23)C1=O. The number of fused-ring (bicyclic) bond motifs is 1. The zero-order valence-corrected chi connectivity index (χ0v) is 19.3. The topological polar surface area (TPSA) is 68.6 Å². The van der Waals surface area contributed by atoms with Crippen molar-refractivity contribution < 1.29 is 19.1 Å². The molecule has 0 spiro atoms. The molecule has 1 aliphatic rings. The summed E-state index contributed by atoms with van der Waals surface area (Å²) in [5.74, 6) is -1.13. The Bertz CT molecular complexity index is 1270. The van der Waals surface area contributed by atoms with Crippen molar-refractivity contribution in [1.82, 2.24) is 9.47 Å². The van der Waals surface area contributed by atoms with Crippen LogP contribution in [-0.4, -0.2) is 39.7 Å². The van der Waals surface area contributed by atoms with Gasteiger partial charge in [-0.3, -0.25) is 19.3 Å². The van der Waals surface area contributed by atoms with Gasteiger partial charge in [0.25, 0.3) is 11.1 Å². The molecule has 4 rings (SSSR count). The van der Waals surface area contributed by atoms with Crippen molar-refractivity contribution in [1.29, 1.82) is 0 Å². The standard InChI is InChI=1S/C23H18Cl2N2O4S/c1-2-31-21(28)13-27-22(29)20(32-23(27)30)9-15-12-26(19-6-4-3-5-17(15)19)11-14-7-8-16(24)10-18(14)25/h3-10,12H,2,11,13H2,1H3/b20-9-. The highest BCUT2D eigenvalue weighted by Crippen LogP contribution is 2.34. The van der Waals surface area contributed by atoms with Crippen molar-refractivity contribution in [3.8, 4) is 0 Å². The van der Waals surface area contributed by atoms with Crippen LogP contribution in [0.5, 0.6) is 0 Å². The van der Waals surface area contributed by atoms with Gasteiger partial charge in [0.15, 0.2) is 0 Å². The van der Waals surface area contributed by atoms with Crippen LogP contribution in [0.25, 0.3) is 17.0 Å². The summed E-state index contributed by atoms with van der Waals surface area (Å²) in [6, 6.07) is 13.1. The number of ether oxygens (including phenoxy) is 1. The van der Waals surface area contributed by atoms with Gasteiger partial charge in [0.2, 0.25) is 0 Å². The second kappa shape index (κ2) is 9.40. The summed E-state index contributed by atoms with van der Waals surface area (Å²) in [6.45, 7) is 1.96. The van der Waals surface area contributed by atoms with Gasteiger partial charge in [0, 0.05) is 39.3 Å². The molecule has 0 atom stereocenters. The average Bonchev–Trinajstić information content (AvgIpc) is 3.23. The van der Waals surface area contributed by atoms with Gasteiger partial charge in [-0.1, -0.05) is 47.5 Å². The van der Waals surface area contributed by atoms with Gasteiger partial charge in [-0.25, -0.2) is 0 Å². The summed E-state index contributed by atoms with van der Waals surface area (Å²) in [6.07, 6.45) is 3.59. The lowest BCUT2D eigenvalue weighted by atomic mass is 10.1. The van der Waals surface area contributed by atoms with Crippen LogP contribution in [-0.2, 0) is 20.9 Å². The molecule has 32 heavy (non-hydrogen) atoms. The van der Waals surface area contributed by atoms with E-state index in [4.69, 9.17) is 27.9 Å². The molecule has 0 bridgehead atoms. The lowest BCUT2D eigenvalue weighted by molar-refractivity contribution is -0.145. The molecule has 1 saturated heterocycles. The maximum atomic E-state index is 12.7.